The average Bonchev–Trinajstić information content (AvgIpc) is 2.26. The molecule has 0 spiro atoms. The third-order valence-electron chi connectivity index (χ3n) is 2.31. The first-order valence-electron chi connectivity index (χ1n) is 4.55. The zero-order valence-electron chi connectivity index (χ0n) is 7.53. The molecule has 0 aromatic heterocycles. The molecule has 0 bridgehead atoms. The van der Waals surface area contributed by atoms with Gasteiger partial charge in [-0.1, -0.05) is 18.2 Å². The Morgan fingerprint density at radius 3 is 3.07 bits per heavy atom. The lowest BCUT2D eigenvalue weighted by molar-refractivity contribution is 0.429. The smallest absolute Gasteiger partial charge is 0.150 e. The molecule has 2 nitrogen and oxygen atoms in total. The number of rotatable bonds is 0. The van der Waals surface area contributed by atoms with Crippen molar-refractivity contribution in [1.82, 2.24) is 5.32 Å². The minimum absolute atomic E-state index is 0.881. The molecule has 2 aliphatic heterocycles. The first-order chi connectivity index (χ1) is 6.93. The van der Waals surface area contributed by atoms with Crippen molar-refractivity contribution in [2.24, 2.45) is 0 Å². The van der Waals surface area contributed by atoms with Gasteiger partial charge < -0.3 is 10.1 Å². The summed E-state index contributed by atoms with van der Waals surface area (Å²) in [5.41, 5.74) is 2.24. The number of fused-ring (bicyclic) bond motifs is 2. The normalized spacial score (nSPS) is 16.9. The largest absolute Gasteiger partial charge is 0.455 e. The van der Waals surface area contributed by atoms with E-state index in [9.17, 15) is 0 Å². The van der Waals surface area contributed by atoms with E-state index in [1.54, 1.807) is 0 Å². The fraction of sp³-hybridized carbons (Fsp3) is 0. The van der Waals surface area contributed by atoms with Gasteiger partial charge in [-0.15, -0.1) is 0 Å². The molecule has 0 saturated heterocycles. The van der Waals surface area contributed by atoms with Crippen LogP contribution in [-0.4, -0.2) is 0 Å². The number of hydrogen-bond donors (Lipinski definition) is 1. The fourth-order valence-electron chi connectivity index (χ4n) is 1.61. The van der Waals surface area contributed by atoms with Gasteiger partial charge >= 0.3 is 0 Å². The van der Waals surface area contributed by atoms with Crippen molar-refractivity contribution in [3.8, 4) is 5.75 Å². The number of benzene rings is 1. The Hall–Kier alpha value is -1.96. The second-order valence-electron chi connectivity index (χ2n) is 3.25. The Kier molecular flexibility index (Phi) is 1.47. The number of nitrogens with one attached hydrogen (secondary N) is 1. The van der Waals surface area contributed by atoms with Crippen molar-refractivity contribution in [2.45, 2.75) is 0 Å². The molecule has 68 valence electrons. The van der Waals surface area contributed by atoms with Crippen LogP contribution in [0, 0.1) is 0 Å². The highest BCUT2D eigenvalue weighted by molar-refractivity contribution is 5.69. The van der Waals surface area contributed by atoms with Crippen LogP contribution in [0.15, 0.2) is 54.1 Å². The number of dihydropyridines is 1. The van der Waals surface area contributed by atoms with Gasteiger partial charge in [0.05, 0.1) is 0 Å². The van der Waals surface area contributed by atoms with Gasteiger partial charge in [0.1, 0.15) is 5.75 Å². The standard InChI is InChI=1S/C12H9NO/c1-2-4-11-9(3-1)7-10-5-6-13-8-12(10)14-11/h1-8,13H. The maximum absolute atomic E-state index is 5.71. The Morgan fingerprint density at radius 1 is 1.14 bits per heavy atom. The summed E-state index contributed by atoms with van der Waals surface area (Å²) in [6, 6.07) is 8.01. The van der Waals surface area contributed by atoms with Crippen molar-refractivity contribution in [3.05, 3.63) is 59.6 Å². The molecule has 0 unspecified atom stereocenters. The summed E-state index contributed by atoms with van der Waals surface area (Å²) in [6.07, 6.45) is 7.89. The van der Waals surface area contributed by atoms with Crippen molar-refractivity contribution in [2.75, 3.05) is 0 Å². The number of allylic oxidation sites excluding steroid dienone is 1. The first kappa shape index (κ1) is 7.44. The van der Waals surface area contributed by atoms with Crippen LogP contribution in [0.1, 0.15) is 5.56 Å². The van der Waals surface area contributed by atoms with E-state index in [1.807, 2.05) is 36.7 Å². The van der Waals surface area contributed by atoms with Gasteiger partial charge in [0, 0.05) is 23.5 Å². The van der Waals surface area contributed by atoms with Crippen LogP contribution in [-0.2, 0) is 0 Å². The van der Waals surface area contributed by atoms with E-state index in [-0.39, 0.29) is 0 Å². The molecule has 1 N–H and O–H groups in total. The topological polar surface area (TPSA) is 21.3 Å². The molecule has 2 aliphatic rings. The third-order valence-corrected chi connectivity index (χ3v) is 2.31. The lowest BCUT2D eigenvalue weighted by Gasteiger charge is -2.20. The summed E-state index contributed by atoms with van der Waals surface area (Å²) >= 11 is 0. The van der Waals surface area contributed by atoms with E-state index in [0.717, 1.165) is 22.6 Å². The summed E-state index contributed by atoms with van der Waals surface area (Å²) in [5, 5.41) is 3.01. The van der Waals surface area contributed by atoms with Gasteiger partial charge in [0.2, 0.25) is 0 Å². The lowest BCUT2D eigenvalue weighted by atomic mass is 10.0. The quantitative estimate of drug-likeness (QED) is 0.667. The Balaban J connectivity index is 2.17. The van der Waals surface area contributed by atoms with Crippen LogP contribution in [0.4, 0.5) is 0 Å². The SMILES string of the molecule is C1=CC2=Cc3ccccc3OC2=CN1. The molecule has 0 amide bonds. The molecule has 0 radical (unpaired) electrons. The van der Waals surface area contributed by atoms with Crippen molar-refractivity contribution in [3.63, 3.8) is 0 Å². The first-order valence-corrected chi connectivity index (χ1v) is 4.55. The van der Waals surface area contributed by atoms with E-state index in [1.165, 1.54) is 0 Å². The number of hydrogen-bond acceptors (Lipinski definition) is 2. The molecule has 0 atom stereocenters. The van der Waals surface area contributed by atoms with Crippen molar-refractivity contribution < 1.29 is 4.74 Å². The zero-order valence-corrected chi connectivity index (χ0v) is 7.53. The van der Waals surface area contributed by atoms with Crippen LogP contribution in [0.5, 0.6) is 5.75 Å². The summed E-state index contributed by atoms with van der Waals surface area (Å²) in [7, 11) is 0. The highest BCUT2D eigenvalue weighted by atomic mass is 16.5. The predicted molar refractivity (Wildman–Crippen MR) is 55.4 cm³/mol. The summed E-state index contributed by atoms with van der Waals surface area (Å²) in [5.74, 6) is 1.80. The van der Waals surface area contributed by atoms with Crippen LogP contribution < -0.4 is 10.1 Å². The van der Waals surface area contributed by atoms with Gasteiger partial charge in [0.15, 0.2) is 5.76 Å². The number of ether oxygens (including phenoxy) is 1. The summed E-state index contributed by atoms with van der Waals surface area (Å²) < 4.78 is 5.71. The highest BCUT2D eigenvalue weighted by Crippen LogP contribution is 2.32. The molecule has 0 fully saturated rings. The van der Waals surface area contributed by atoms with Crippen LogP contribution in [0.3, 0.4) is 0 Å². The van der Waals surface area contributed by atoms with Gasteiger partial charge in [-0.25, -0.2) is 0 Å². The second-order valence-corrected chi connectivity index (χ2v) is 3.25. The maximum Gasteiger partial charge on any atom is 0.150 e. The van der Waals surface area contributed by atoms with Crippen molar-refractivity contribution >= 4 is 6.08 Å². The van der Waals surface area contributed by atoms with Gasteiger partial charge in [-0.05, 0) is 18.2 Å². The Bertz CT molecular complexity index is 469. The molecule has 1 aromatic rings. The molecule has 0 aliphatic carbocycles. The van der Waals surface area contributed by atoms with Gasteiger partial charge in [-0.3, -0.25) is 0 Å². The van der Waals surface area contributed by atoms with Crippen LogP contribution in [0.25, 0.3) is 6.08 Å². The minimum Gasteiger partial charge on any atom is -0.455 e. The third kappa shape index (κ3) is 1.04. The van der Waals surface area contributed by atoms with Crippen molar-refractivity contribution in [1.29, 1.82) is 0 Å². The van der Waals surface area contributed by atoms with Crippen LogP contribution >= 0.6 is 0 Å². The van der Waals surface area contributed by atoms with E-state index >= 15 is 0 Å². The van der Waals surface area contributed by atoms with E-state index < -0.39 is 0 Å². The monoisotopic (exact) mass is 183 g/mol. The summed E-state index contributed by atoms with van der Waals surface area (Å²) in [4.78, 5) is 0. The highest BCUT2D eigenvalue weighted by Gasteiger charge is 2.15. The maximum atomic E-state index is 5.71. The second kappa shape index (κ2) is 2.77. The molecule has 0 saturated carbocycles. The van der Waals surface area contributed by atoms with E-state index in [0.29, 0.717) is 0 Å². The minimum atomic E-state index is 0.881. The molecule has 1 aromatic carbocycles. The molecule has 14 heavy (non-hydrogen) atoms. The Labute approximate surface area is 82.2 Å². The fourth-order valence-corrected chi connectivity index (χ4v) is 1.61. The summed E-state index contributed by atoms with van der Waals surface area (Å²) in [6.45, 7) is 0. The van der Waals surface area contributed by atoms with Gasteiger partial charge in [0.25, 0.3) is 0 Å². The number of para-hydroxylation sites is 1. The van der Waals surface area contributed by atoms with Crippen LogP contribution in [0.2, 0.25) is 0 Å². The predicted octanol–water partition coefficient (Wildman–Crippen LogP) is 2.42. The van der Waals surface area contributed by atoms with E-state index in [2.05, 4.69) is 17.5 Å². The average molecular weight is 183 g/mol. The zero-order chi connectivity index (χ0) is 9.38. The lowest BCUT2D eigenvalue weighted by Crippen LogP contribution is -2.11. The molecule has 3 rings (SSSR count). The molecule has 2 heteroatoms. The van der Waals surface area contributed by atoms with E-state index in [4.69, 9.17) is 4.74 Å². The molecule has 2 heterocycles. The van der Waals surface area contributed by atoms with Gasteiger partial charge in [-0.2, -0.15) is 0 Å². The molecular weight excluding hydrogens is 174 g/mol. The Morgan fingerprint density at radius 2 is 2.07 bits per heavy atom. The molecular formula is C12H9NO.